The van der Waals surface area contributed by atoms with E-state index in [9.17, 15) is 0 Å². The van der Waals surface area contributed by atoms with Crippen LogP contribution in [0.4, 0.5) is 0 Å². The highest BCUT2D eigenvalue weighted by Gasteiger charge is 2.01. The number of hydrogen-bond acceptors (Lipinski definition) is 2. The third-order valence-electron chi connectivity index (χ3n) is 2.40. The van der Waals surface area contributed by atoms with E-state index in [1.54, 1.807) is 0 Å². The Morgan fingerprint density at radius 3 is 2.69 bits per heavy atom. The minimum atomic E-state index is 0.310. The lowest BCUT2D eigenvalue weighted by atomic mass is 10.2. The molecule has 0 bridgehead atoms. The van der Waals surface area contributed by atoms with Crippen LogP contribution in [0.25, 0.3) is 0 Å². The third-order valence-corrected chi connectivity index (χ3v) is 2.40. The summed E-state index contributed by atoms with van der Waals surface area (Å²) in [4.78, 5) is 4.25. The molecule has 0 aliphatic carbocycles. The first kappa shape index (κ1) is 10.3. The zero-order valence-corrected chi connectivity index (χ0v) is 8.75. The topological polar surface area (TPSA) is 43.8 Å². The van der Waals surface area contributed by atoms with Gasteiger partial charge in [-0.15, -0.1) is 0 Å². The minimum Gasteiger partial charge on any atom is -0.335 e. The molecule has 0 aliphatic rings. The minimum absolute atomic E-state index is 0.310. The lowest BCUT2D eigenvalue weighted by molar-refractivity contribution is 0.552. The molecule has 0 aliphatic heterocycles. The molecule has 3 heteroatoms. The standard InChI is InChI=1S/C10H19N3/c1-8(11)5-4-6-13-7-12-9(2)10(13)3/h7-8H,4-6,11H2,1-3H3. The van der Waals surface area contributed by atoms with Gasteiger partial charge in [0.15, 0.2) is 0 Å². The molecular weight excluding hydrogens is 162 g/mol. The molecule has 13 heavy (non-hydrogen) atoms. The molecular formula is C10H19N3. The highest BCUT2D eigenvalue weighted by Crippen LogP contribution is 2.06. The van der Waals surface area contributed by atoms with Gasteiger partial charge in [-0.25, -0.2) is 4.98 Å². The van der Waals surface area contributed by atoms with Crippen LogP contribution in [-0.4, -0.2) is 15.6 Å². The Bertz CT molecular complexity index is 263. The molecule has 0 saturated heterocycles. The number of imidazole rings is 1. The van der Waals surface area contributed by atoms with Gasteiger partial charge in [0.1, 0.15) is 0 Å². The molecule has 0 radical (unpaired) electrons. The quantitative estimate of drug-likeness (QED) is 0.767. The summed E-state index contributed by atoms with van der Waals surface area (Å²) in [5.41, 5.74) is 8.07. The van der Waals surface area contributed by atoms with Crippen molar-refractivity contribution in [1.29, 1.82) is 0 Å². The maximum Gasteiger partial charge on any atom is 0.0951 e. The Morgan fingerprint density at radius 2 is 2.23 bits per heavy atom. The Labute approximate surface area is 80.0 Å². The molecule has 1 heterocycles. The van der Waals surface area contributed by atoms with Crippen LogP contribution >= 0.6 is 0 Å². The van der Waals surface area contributed by atoms with E-state index in [-0.39, 0.29) is 0 Å². The van der Waals surface area contributed by atoms with Crippen molar-refractivity contribution < 1.29 is 0 Å². The Kier molecular flexibility index (Phi) is 3.48. The summed E-state index contributed by atoms with van der Waals surface area (Å²) < 4.78 is 2.19. The van der Waals surface area contributed by atoms with E-state index >= 15 is 0 Å². The monoisotopic (exact) mass is 181 g/mol. The second kappa shape index (κ2) is 4.42. The average molecular weight is 181 g/mol. The van der Waals surface area contributed by atoms with Gasteiger partial charge < -0.3 is 10.3 Å². The smallest absolute Gasteiger partial charge is 0.0951 e. The molecule has 1 aromatic rings. The van der Waals surface area contributed by atoms with Crippen LogP contribution in [0.1, 0.15) is 31.2 Å². The van der Waals surface area contributed by atoms with Crippen LogP contribution in [0.5, 0.6) is 0 Å². The third kappa shape index (κ3) is 2.84. The predicted octanol–water partition coefficient (Wildman–Crippen LogP) is 1.63. The molecule has 0 spiro atoms. The largest absolute Gasteiger partial charge is 0.335 e. The van der Waals surface area contributed by atoms with Gasteiger partial charge in [-0.1, -0.05) is 0 Å². The summed E-state index contributed by atoms with van der Waals surface area (Å²) in [5.74, 6) is 0. The molecule has 74 valence electrons. The second-order valence-corrected chi connectivity index (χ2v) is 3.73. The van der Waals surface area contributed by atoms with Gasteiger partial charge in [0, 0.05) is 18.3 Å². The lowest BCUT2D eigenvalue weighted by Crippen LogP contribution is -2.15. The van der Waals surface area contributed by atoms with E-state index in [1.165, 1.54) is 5.69 Å². The van der Waals surface area contributed by atoms with Crippen molar-refractivity contribution in [2.75, 3.05) is 0 Å². The van der Waals surface area contributed by atoms with Gasteiger partial charge in [-0.2, -0.15) is 0 Å². The van der Waals surface area contributed by atoms with Crippen molar-refractivity contribution in [3.05, 3.63) is 17.7 Å². The van der Waals surface area contributed by atoms with Crippen molar-refractivity contribution in [1.82, 2.24) is 9.55 Å². The van der Waals surface area contributed by atoms with E-state index in [0.29, 0.717) is 6.04 Å². The molecule has 1 atom stereocenters. The summed E-state index contributed by atoms with van der Waals surface area (Å²) in [6, 6.07) is 0.310. The van der Waals surface area contributed by atoms with Crippen LogP contribution in [0, 0.1) is 13.8 Å². The summed E-state index contributed by atoms with van der Waals surface area (Å²) >= 11 is 0. The molecule has 2 N–H and O–H groups in total. The normalized spacial score (nSPS) is 13.2. The summed E-state index contributed by atoms with van der Waals surface area (Å²) in [6.45, 7) is 7.23. The van der Waals surface area contributed by atoms with Gasteiger partial charge in [0.05, 0.1) is 12.0 Å². The molecule has 0 fully saturated rings. The number of hydrogen-bond donors (Lipinski definition) is 1. The lowest BCUT2D eigenvalue weighted by Gasteiger charge is -2.07. The molecule has 0 amide bonds. The Morgan fingerprint density at radius 1 is 1.54 bits per heavy atom. The molecule has 0 saturated carbocycles. The van der Waals surface area contributed by atoms with Gasteiger partial charge in [-0.3, -0.25) is 0 Å². The van der Waals surface area contributed by atoms with Crippen molar-refractivity contribution in [3.8, 4) is 0 Å². The van der Waals surface area contributed by atoms with Gasteiger partial charge >= 0.3 is 0 Å². The van der Waals surface area contributed by atoms with Gasteiger partial charge in [0.2, 0.25) is 0 Å². The maximum absolute atomic E-state index is 5.67. The van der Waals surface area contributed by atoms with Crippen LogP contribution in [0.2, 0.25) is 0 Å². The summed E-state index contributed by atoms with van der Waals surface area (Å²) in [6.07, 6.45) is 4.12. The summed E-state index contributed by atoms with van der Waals surface area (Å²) in [7, 11) is 0. The first-order chi connectivity index (χ1) is 6.11. The molecule has 1 rings (SSSR count). The zero-order valence-electron chi connectivity index (χ0n) is 8.75. The average Bonchev–Trinajstić information content (AvgIpc) is 2.35. The number of nitrogens with zero attached hydrogens (tertiary/aromatic N) is 2. The maximum atomic E-state index is 5.67. The zero-order chi connectivity index (χ0) is 9.84. The highest BCUT2D eigenvalue weighted by molar-refractivity contribution is 5.08. The fourth-order valence-corrected chi connectivity index (χ4v) is 1.35. The first-order valence-electron chi connectivity index (χ1n) is 4.85. The van der Waals surface area contributed by atoms with Crippen molar-refractivity contribution in [3.63, 3.8) is 0 Å². The van der Waals surface area contributed by atoms with Crippen molar-refractivity contribution in [2.45, 2.75) is 46.2 Å². The van der Waals surface area contributed by atoms with Crippen LogP contribution in [0.3, 0.4) is 0 Å². The predicted molar refractivity (Wildman–Crippen MR) is 54.6 cm³/mol. The van der Waals surface area contributed by atoms with Crippen LogP contribution in [0.15, 0.2) is 6.33 Å². The van der Waals surface area contributed by atoms with Crippen LogP contribution in [-0.2, 0) is 6.54 Å². The van der Waals surface area contributed by atoms with Crippen molar-refractivity contribution in [2.24, 2.45) is 5.73 Å². The van der Waals surface area contributed by atoms with E-state index in [1.807, 2.05) is 20.2 Å². The van der Waals surface area contributed by atoms with E-state index in [2.05, 4.69) is 16.5 Å². The number of aromatic nitrogens is 2. The fourth-order valence-electron chi connectivity index (χ4n) is 1.35. The number of aryl methyl sites for hydroxylation is 2. The summed E-state index contributed by atoms with van der Waals surface area (Å²) in [5, 5.41) is 0. The van der Waals surface area contributed by atoms with Gasteiger partial charge in [-0.05, 0) is 33.6 Å². The van der Waals surface area contributed by atoms with Crippen LogP contribution < -0.4 is 5.73 Å². The Balaban J connectivity index is 2.41. The van der Waals surface area contributed by atoms with E-state index in [4.69, 9.17) is 5.73 Å². The second-order valence-electron chi connectivity index (χ2n) is 3.73. The fraction of sp³-hybridized carbons (Fsp3) is 0.700. The molecule has 1 unspecified atom stereocenters. The number of rotatable bonds is 4. The molecule has 1 aromatic heterocycles. The van der Waals surface area contributed by atoms with E-state index in [0.717, 1.165) is 25.1 Å². The first-order valence-corrected chi connectivity index (χ1v) is 4.85. The molecule has 0 aromatic carbocycles. The van der Waals surface area contributed by atoms with Crippen molar-refractivity contribution >= 4 is 0 Å². The highest BCUT2D eigenvalue weighted by atomic mass is 15.0. The Hall–Kier alpha value is -0.830. The molecule has 3 nitrogen and oxygen atoms in total. The van der Waals surface area contributed by atoms with E-state index < -0.39 is 0 Å². The van der Waals surface area contributed by atoms with Gasteiger partial charge in [0.25, 0.3) is 0 Å². The SMILES string of the molecule is Cc1ncn(CCCC(C)N)c1C. The number of nitrogens with two attached hydrogens (primary N) is 1.